The van der Waals surface area contributed by atoms with Crippen LogP contribution in [0.4, 0.5) is 0 Å². The quantitative estimate of drug-likeness (QED) is 0.868. The summed E-state index contributed by atoms with van der Waals surface area (Å²) in [7, 11) is 0. The van der Waals surface area contributed by atoms with E-state index >= 15 is 0 Å². The van der Waals surface area contributed by atoms with Crippen molar-refractivity contribution in [1.29, 1.82) is 0 Å². The highest BCUT2D eigenvalue weighted by molar-refractivity contribution is 9.11. The van der Waals surface area contributed by atoms with Crippen molar-refractivity contribution in [2.45, 2.75) is 32.4 Å². The second-order valence-electron chi connectivity index (χ2n) is 3.38. The molecule has 2 unspecified atom stereocenters. The molecule has 0 aliphatic carbocycles. The van der Waals surface area contributed by atoms with Gasteiger partial charge in [-0.1, -0.05) is 6.92 Å². The fraction of sp³-hybridized carbons (Fsp3) is 0.600. The van der Waals surface area contributed by atoms with E-state index in [0.717, 1.165) is 15.1 Å². The monoisotopic (exact) mass is 277 g/mol. The van der Waals surface area contributed by atoms with Gasteiger partial charge >= 0.3 is 0 Å². The zero-order chi connectivity index (χ0) is 10.6. The highest BCUT2D eigenvalue weighted by Crippen LogP contribution is 2.26. The van der Waals surface area contributed by atoms with Gasteiger partial charge in [0, 0.05) is 17.5 Å². The Balaban J connectivity index is 2.39. The van der Waals surface area contributed by atoms with Crippen LogP contribution in [0.1, 0.15) is 31.2 Å². The first-order chi connectivity index (χ1) is 6.63. The summed E-state index contributed by atoms with van der Waals surface area (Å²) in [4.78, 5) is 1.01. The van der Waals surface area contributed by atoms with Crippen LogP contribution < -0.4 is 5.32 Å². The van der Waals surface area contributed by atoms with Crippen LogP contribution in [0.25, 0.3) is 0 Å². The first-order valence-electron chi connectivity index (χ1n) is 4.80. The zero-order valence-corrected chi connectivity index (χ0v) is 10.9. The minimum atomic E-state index is -0.389. The van der Waals surface area contributed by atoms with Gasteiger partial charge in [0.15, 0.2) is 0 Å². The molecule has 0 bridgehead atoms. The third kappa shape index (κ3) is 3.69. The summed E-state index contributed by atoms with van der Waals surface area (Å²) in [6.45, 7) is 4.88. The molecule has 0 spiro atoms. The molecule has 2 nitrogen and oxygen atoms in total. The van der Waals surface area contributed by atoms with Gasteiger partial charge in [-0.05, 0) is 41.4 Å². The first-order valence-corrected chi connectivity index (χ1v) is 6.41. The summed E-state index contributed by atoms with van der Waals surface area (Å²) in [5.74, 6) is 0. The maximum absolute atomic E-state index is 9.81. The van der Waals surface area contributed by atoms with Crippen LogP contribution in [0.5, 0.6) is 0 Å². The largest absolute Gasteiger partial charge is 0.386 e. The third-order valence-corrected chi connectivity index (χ3v) is 3.92. The molecular formula is C10H16BrNOS. The molecule has 4 heteroatoms. The lowest BCUT2D eigenvalue weighted by molar-refractivity contribution is 0.174. The molecule has 1 aromatic heterocycles. The molecule has 2 N–H and O–H groups in total. The van der Waals surface area contributed by atoms with Gasteiger partial charge in [0.2, 0.25) is 0 Å². The van der Waals surface area contributed by atoms with Gasteiger partial charge in [0.1, 0.15) is 6.10 Å². The van der Waals surface area contributed by atoms with E-state index in [2.05, 4.69) is 35.1 Å². The number of aliphatic hydroxyl groups excluding tert-OH is 1. The fourth-order valence-corrected chi connectivity index (χ4v) is 2.47. The molecule has 0 saturated heterocycles. The molecule has 0 amide bonds. The van der Waals surface area contributed by atoms with Crippen molar-refractivity contribution in [3.63, 3.8) is 0 Å². The number of hydrogen-bond donors (Lipinski definition) is 2. The average Bonchev–Trinajstić information content (AvgIpc) is 2.60. The van der Waals surface area contributed by atoms with Crippen LogP contribution in [0, 0.1) is 0 Å². The van der Waals surface area contributed by atoms with E-state index in [1.165, 1.54) is 0 Å². The molecular weight excluding hydrogens is 262 g/mol. The number of halogens is 1. The number of rotatable bonds is 5. The van der Waals surface area contributed by atoms with Gasteiger partial charge in [-0.2, -0.15) is 0 Å². The van der Waals surface area contributed by atoms with Gasteiger partial charge in [-0.25, -0.2) is 0 Å². The summed E-state index contributed by atoms with van der Waals surface area (Å²) >= 11 is 4.96. The summed E-state index contributed by atoms with van der Waals surface area (Å²) in [6, 6.07) is 4.39. The minimum Gasteiger partial charge on any atom is -0.386 e. The number of nitrogens with one attached hydrogen (secondary N) is 1. The SMILES string of the molecule is CCC(C)NCC(O)c1ccc(Br)s1. The smallest absolute Gasteiger partial charge is 0.101 e. The van der Waals surface area contributed by atoms with E-state index in [1.54, 1.807) is 11.3 Å². The van der Waals surface area contributed by atoms with Crippen molar-refractivity contribution in [3.8, 4) is 0 Å². The minimum absolute atomic E-state index is 0.389. The molecule has 0 fully saturated rings. The van der Waals surface area contributed by atoms with Gasteiger partial charge in [-0.15, -0.1) is 11.3 Å². The van der Waals surface area contributed by atoms with Gasteiger partial charge in [-0.3, -0.25) is 0 Å². The Morgan fingerprint density at radius 3 is 2.79 bits per heavy atom. The fourth-order valence-electron chi connectivity index (χ4n) is 1.07. The van der Waals surface area contributed by atoms with E-state index in [1.807, 2.05) is 12.1 Å². The molecule has 0 saturated carbocycles. The highest BCUT2D eigenvalue weighted by atomic mass is 79.9. The van der Waals surface area contributed by atoms with Gasteiger partial charge in [0.05, 0.1) is 3.79 Å². The molecule has 2 atom stereocenters. The van der Waals surface area contributed by atoms with Crippen LogP contribution >= 0.6 is 27.3 Å². The lowest BCUT2D eigenvalue weighted by Crippen LogP contribution is -2.29. The summed E-state index contributed by atoms with van der Waals surface area (Å²) in [5.41, 5.74) is 0. The molecule has 0 aliphatic heterocycles. The van der Waals surface area contributed by atoms with Crippen molar-refractivity contribution in [2.75, 3.05) is 6.54 Å². The molecule has 80 valence electrons. The Morgan fingerprint density at radius 2 is 2.29 bits per heavy atom. The average molecular weight is 278 g/mol. The first kappa shape index (κ1) is 12.2. The van der Waals surface area contributed by atoms with Crippen molar-refractivity contribution in [1.82, 2.24) is 5.32 Å². The molecule has 0 aromatic carbocycles. The normalized spacial score (nSPS) is 15.4. The molecule has 1 heterocycles. The van der Waals surface area contributed by atoms with Crippen molar-refractivity contribution in [2.24, 2.45) is 0 Å². The van der Waals surface area contributed by atoms with Crippen LogP contribution in [0.3, 0.4) is 0 Å². The topological polar surface area (TPSA) is 32.3 Å². The highest BCUT2D eigenvalue weighted by Gasteiger charge is 2.10. The zero-order valence-electron chi connectivity index (χ0n) is 8.46. The number of thiophene rings is 1. The van der Waals surface area contributed by atoms with Crippen molar-refractivity contribution in [3.05, 3.63) is 20.8 Å². The maximum atomic E-state index is 9.81. The summed E-state index contributed by atoms with van der Waals surface area (Å²) < 4.78 is 1.06. The summed E-state index contributed by atoms with van der Waals surface area (Å²) in [5, 5.41) is 13.1. The van der Waals surface area contributed by atoms with Crippen LogP contribution in [-0.2, 0) is 0 Å². The Bertz CT molecular complexity index is 277. The lowest BCUT2D eigenvalue weighted by Gasteiger charge is -2.14. The molecule has 0 aliphatic rings. The van der Waals surface area contributed by atoms with E-state index in [9.17, 15) is 5.11 Å². The lowest BCUT2D eigenvalue weighted by atomic mass is 10.2. The van der Waals surface area contributed by atoms with E-state index < -0.39 is 0 Å². The van der Waals surface area contributed by atoms with E-state index in [0.29, 0.717) is 12.6 Å². The Kier molecular flexibility index (Phi) is 5.09. The second kappa shape index (κ2) is 5.85. The van der Waals surface area contributed by atoms with E-state index in [4.69, 9.17) is 0 Å². The Labute approximate surface area is 97.5 Å². The summed E-state index contributed by atoms with van der Waals surface area (Å²) in [6.07, 6.45) is 0.696. The van der Waals surface area contributed by atoms with Crippen LogP contribution in [0.2, 0.25) is 0 Å². The number of aliphatic hydroxyl groups is 1. The Morgan fingerprint density at radius 1 is 1.57 bits per heavy atom. The predicted octanol–water partition coefficient (Wildman–Crippen LogP) is 2.93. The molecule has 14 heavy (non-hydrogen) atoms. The van der Waals surface area contributed by atoms with Crippen LogP contribution in [0.15, 0.2) is 15.9 Å². The predicted molar refractivity (Wildman–Crippen MR) is 64.7 cm³/mol. The molecule has 1 rings (SSSR count). The maximum Gasteiger partial charge on any atom is 0.101 e. The van der Waals surface area contributed by atoms with E-state index in [-0.39, 0.29) is 6.10 Å². The molecule has 1 aromatic rings. The van der Waals surface area contributed by atoms with Crippen molar-refractivity contribution < 1.29 is 5.11 Å². The van der Waals surface area contributed by atoms with Gasteiger partial charge < -0.3 is 10.4 Å². The van der Waals surface area contributed by atoms with Crippen molar-refractivity contribution >= 4 is 27.3 Å². The Hall–Kier alpha value is 0.1000. The number of hydrogen-bond acceptors (Lipinski definition) is 3. The third-order valence-electron chi connectivity index (χ3n) is 2.19. The van der Waals surface area contributed by atoms with Gasteiger partial charge in [0.25, 0.3) is 0 Å². The second-order valence-corrected chi connectivity index (χ2v) is 5.87. The standard InChI is InChI=1S/C10H16BrNOS/c1-3-7(2)12-6-8(13)9-4-5-10(11)14-9/h4-5,7-8,12-13H,3,6H2,1-2H3. The van der Waals surface area contributed by atoms with Crippen LogP contribution in [-0.4, -0.2) is 17.7 Å². The molecule has 0 radical (unpaired) electrons.